The number of nitrogens with zero attached hydrogens (tertiary/aromatic N) is 1. The third-order valence-corrected chi connectivity index (χ3v) is 5.06. The van der Waals surface area contributed by atoms with Crippen LogP contribution in [-0.2, 0) is 14.8 Å². The van der Waals surface area contributed by atoms with Crippen molar-refractivity contribution >= 4 is 28.3 Å². The van der Waals surface area contributed by atoms with Crippen molar-refractivity contribution in [1.82, 2.24) is 9.62 Å². The number of rotatable bonds is 3. The highest BCUT2D eigenvalue weighted by atomic mass is 35.5. The van der Waals surface area contributed by atoms with Crippen LogP contribution < -0.4 is 10.5 Å². The van der Waals surface area contributed by atoms with Crippen molar-refractivity contribution in [3.05, 3.63) is 0 Å². The van der Waals surface area contributed by atoms with Crippen LogP contribution in [0.5, 0.6) is 0 Å². The van der Waals surface area contributed by atoms with Crippen LogP contribution in [0.25, 0.3) is 0 Å². The Labute approximate surface area is 126 Å². The third kappa shape index (κ3) is 3.63. The number of hydrogen-bond acceptors (Lipinski definition) is 4. The molecule has 1 aliphatic heterocycles. The SMILES string of the molecule is CC(C)(NS(C)(=O)=O)C(=O)N1CC2CCC(N)C2C1.Cl. The van der Waals surface area contributed by atoms with Gasteiger partial charge in [0.2, 0.25) is 15.9 Å². The molecule has 2 rings (SSSR count). The molecule has 1 aliphatic carbocycles. The number of sulfonamides is 1. The first kappa shape index (κ1) is 17.7. The molecule has 3 N–H and O–H groups in total. The van der Waals surface area contributed by atoms with Crippen molar-refractivity contribution in [2.24, 2.45) is 17.6 Å². The van der Waals surface area contributed by atoms with Gasteiger partial charge < -0.3 is 10.6 Å². The lowest BCUT2D eigenvalue weighted by Gasteiger charge is -2.30. The number of amides is 1. The molecule has 6 nitrogen and oxygen atoms in total. The molecule has 0 bridgehead atoms. The van der Waals surface area contributed by atoms with E-state index < -0.39 is 15.6 Å². The minimum Gasteiger partial charge on any atom is -0.340 e. The van der Waals surface area contributed by atoms with Gasteiger partial charge in [0.25, 0.3) is 0 Å². The van der Waals surface area contributed by atoms with Crippen LogP contribution in [0, 0.1) is 11.8 Å². The molecule has 2 aliphatic rings. The molecule has 0 aromatic carbocycles. The van der Waals surface area contributed by atoms with Gasteiger partial charge in [0.05, 0.1) is 6.26 Å². The molecular weight excluding hydrogens is 302 g/mol. The van der Waals surface area contributed by atoms with E-state index in [4.69, 9.17) is 5.73 Å². The Morgan fingerprint density at radius 2 is 1.90 bits per heavy atom. The molecule has 1 heterocycles. The first-order valence-corrected chi connectivity index (χ1v) is 8.53. The molecule has 0 spiro atoms. The fourth-order valence-electron chi connectivity index (χ4n) is 3.38. The van der Waals surface area contributed by atoms with Gasteiger partial charge in [-0.1, -0.05) is 0 Å². The van der Waals surface area contributed by atoms with Crippen molar-refractivity contribution in [2.75, 3.05) is 19.3 Å². The lowest BCUT2D eigenvalue weighted by molar-refractivity contribution is -0.135. The monoisotopic (exact) mass is 325 g/mol. The van der Waals surface area contributed by atoms with Crippen molar-refractivity contribution < 1.29 is 13.2 Å². The van der Waals surface area contributed by atoms with Gasteiger partial charge in [-0.25, -0.2) is 13.1 Å². The Hall–Kier alpha value is -0.370. The first-order chi connectivity index (χ1) is 8.60. The van der Waals surface area contributed by atoms with E-state index in [9.17, 15) is 13.2 Å². The van der Waals surface area contributed by atoms with Crippen molar-refractivity contribution in [3.8, 4) is 0 Å². The second-order valence-corrected chi connectivity index (χ2v) is 8.12. The molecule has 2 fully saturated rings. The minimum atomic E-state index is -3.41. The summed E-state index contributed by atoms with van der Waals surface area (Å²) >= 11 is 0. The zero-order chi connectivity index (χ0) is 14.4. The number of nitrogens with two attached hydrogens (primary N) is 1. The van der Waals surface area contributed by atoms with Gasteiger partial charge >= 0.3 is 0 Å². The van der Waals surface area contributed by atoms with E-state index in [1.807, 2.05) is 0 Å². The van der Waals surface area contributed by atoms with E-state index in [-0.39, 0.29) is 24.4 Å². The van der Waals surface area contributed by atoms with Crippen LogP contribution >= 0.6 is 12.4 Å². The standard InChI is InChI=1S/C12H23N3O3S.ClH/c1-12(2,14-19(3,17)18)11(16)15-6-8-4-5-10(13)9(8)7-15;/h8-10,14H,4-7,13H2,1-3H3;1H. The Balaban J connectivity index is 0.00000200. The third-order valence-electron chi connectivity index (χ3n) is 4.17. The van der Waals surface area contributed by atoms with E-state index >= 15 is 0 Å². The fraction of sp³-hybridized carbons (Fsp3) is 0.917. The second kappa shape index (κ2) is 5.79. The maximum atomic E-state index is 12.4. The maximum absolute atomic E-state index is 12.4. The number of fused-ring (bicyclic) bond motifs is 1. The van der Waals surface area contributed by atoms with Gasteiger partial charge in [-0.05, 0) is 38.5 Å². The largest absolute Gasteiger partial charge is 0.340 e. The van der Waals surface area contributed by atoms with Gasteiger partial charge in [0.15, 0.2) is 0 Å². The number of halogens is 1. The molecule has 118 valence electrons. The Morgan fingerprint density at radius 1 is 1.30 bits per heavy atom. The second-order valence-electron chi connectivity index (χ2n) is 6.37. The molecule has 3 unspecified atom stereocenters. The lowest BCUT2D eigenvalue weighted by atomic mass is 9.98. The highest BCUT2D eigenvalue weighted by molar-refractivity contribution is 7.88. The summed E-state index contributed by atoms with van der Waals surface area (Å²) in [5.74, 6) is 0.686. The summed E-state index contributed by atoms with van der Waals surface area (Å²) < 4.78 is 25.0. The van der Waals surface area contributed by atoms with Crippen molar-refractivity contribution in [1.29, 1.82) is 0 Å². The Bertz CT molecular complexity index is 480. The zero-order valence-corrected chi connectivity index (χ0v) is 13.8. The van der Waals surface area contributed by atoms with E-state index in [1.54, 1.807) is 18.7 Å². The molecule has 0 aromatic heterocycles. The summed E-state index contributed by atoms with van der Waals surface area (Å²) in [5, 5.41) is 0. The molecule has 0 radical (unpaired) electrons. The van der Waals surface area contributed by atoms with E-state index in [0.29, 0.717) is 24.9 Å². The van der Waals surface area contributed by atoms with Crippen LogP contribution in [0.4, 0.5) is 0 Å². The van der Waals surface area contributed by atoms with Gasteiger partial charge in [0, 0.05) is 19.1 Å². The van der Waals surface area contributed by atoms with Crippen molar-refractivity contribution in [2.45, 2.75) is 38.3 Å². The molecule has 1 saturated heterocycles. The maximum Gasteiger partial charge on any atom is 0.243 e. The summed E-state index contributed by atoms with van der Waals surface area (Å²) in [6.07, 6.45) is 3.16. The topological polar surface area (TPSA) is 92.5 Å². The molecule has 8 heteroatoms. The van der Waals surface area contributed by atoms with E-state index in [1.165, 1.54) is 0 Å². The number of hydrogen-bond donors (Lipinski definition) is 2. The van der Waals surface area contributed by atoms with Crippen LogP contribution in [0.15, 0.2) is 0 Å². The quantitative estimate of drug-likeness (QED) is 0.760. The number of carbonyl (C=O) groups excluding carboxylic acids is 1. The van der Waals surface area contributed by atoms with Crippen LogP contribution in [0.3, 0.4) is 0 Å². The highest BCUT2D eigenvalue weighted by Gasteiger charge is 2.45. The zero-order valence-electron chi connectivity index (χ0n) is 12.1. The van der Waals surface area contributed by atoms with Gasteiger partial charge in [-0.3, -0.25) is 4.79 Å². The van der Waals surface area contributed by atoms with Gasteiger partial charge in [0.1, 0.15) is 5.54 Å². The number of nitrogens with one attached hydrogen (secondary N) is 1. The molecule has 20 heavy (non-hydrogen) atoms. The summed E-state index contributed by atoms with van der Waals surface area (Å²) in [4.78, 5) is 14.2. The lowest BCUT2D eigenvalue weighted by Crippen LogP contribution is -2.55. The molecule has 1 saturated carbocycles. The molecular formula is C12H24ClN3O3S. The van der Waals surface area contributed by atoms with Crippen LogP contribution in [0.2, 0.25) is 0 Å². The predicted molar refractivity (Wildman–Crippen MR) is 80.1 cm³/mol. The summed E-state index contributed by atoms with van der Waals surface area (Å²) in [6.45, 7) is 4.56. The highest BCUT2D eigenvalue weighted by Crippen LogP contribution is 2.37. The smallest absolute Gasteiger partial charge is 0.243 e. The average Bonchev–Trinajstić information content (AvgIpc) is 2.76. The Morgan fingerprint density at radius 3 is 2.40 bits per heavy atom. The van der Waals surface area contributed by atoms with E-state index in [0.717, 1.165) is 19.1 Å². The molecule has 3 atom stereocenters. The summed E-state index contributed by atoms with van der Waals surface area (Å²) in [5.41, 5.74) is 4.94. The van der Waals surface area contributed by atoms with Crippen LogP contribution in [-0.4, -0.2) is 50.2 Å². The first-order valence-electron chi connectivity index (χ1n) is 6.64. The van der Waals surface area contributed by atoms with Gasteiger partial charge in [-0.15, -0.1) is 12.4 Å². The van der Waals surface area contributed by atoms with Crippen molar-refractivity contribution in [3.63, 3.8) is 0 Å². The average molecular weight is 326 g/mol. The summed E-state index contributed by atoms with van der Waals surface area (Å²) in [6, 6.07) is 0.175. The Kier molecular flexibility index (Phi) is 5.12. The molecule has 1 amide bonds. The normalized spacial score (nSPS) is 30.0. The number of likely N-dealkylation sites (tertiary alicyclic amines) is 1. The van der Waals surface area contributed by atoms with E-state index in [2.05, 4.69) is 4.72 Å². The fourth-order valence-corrected chi connectivity index (χ4v) is 4.39. The summed E-state index contributed by atoms with van der Waals surface area (Å²) in [7, 11) is -3.41. The van der Waals surface area contributed by atoms with Crippen LogP contribution in [0.1, 0.15) is 26.7 Å². The minimum absolute atomic E-state index is 0. The van der Waals surface area contributed by atoms with Gasteiger partial charge in [-0.2, -0.15) is 0 Å². The number of carbonyl (C=O) groups is 1. The predicted octanol–water partition coefficient (Wildman–Crippen LogP) is -0.0683. The molecule has 0 aromatic rings.